The lowest BCUT2D eigenvalue weighted by molar-refractivity contribution is -0.139. The normalized spacial score (nSPS) is 8.82. The molecule has 0 atom stereocenters. The van der Waals surface area contributed by atoms with Gasteiger partial charge in [-0.05, 0) is 34.0 Å². The SMILES string of the molecule is C=C(C)C(=O)OCCN(C)C.CCCCN.Cl. The zero-order chi connectivity index (χ0) is 13.0. The van der Waals surface area contributed by atoms with Crippen LogP contribution in [0.3, 0.4) is 0 Å². The summed E-state index contributed by atoms with van der Waals surface area (Å²) in [4.78, 5) is 12.7. The molecule has 0 unspecified atom stereocenters. The van der Waals surface area contributed by atoms with Gasteiger partial charge >= 0.3 is 5.97 Å². The number of hydrogen-bond donors (Lipinski definition) is 1. The van der Waals surface area contributed by atoms with Gasteiger partial charge in [-0.25, -0.2) is 4.79 Å². The summed E-state index contributed by atoms with van der Waals surface area (Å²) in [6.45, 7) is 9.26. The molecule has 0 saturated heterocycles. The lowest BCUT2D eigenvalue weighted by Gasteiger charge is -2.09. The Bertz CT molecular complexity index is 195. The molecule has 104 valence electrons. The third-order valence-electron chi connectivity index (χ3n) is 1.68. The van der Waals surface area contributed by atoms with Gasteiger partial charge < -0.3 is 15.4 Å². The molecule has 0 radical (unpaired) electrons. The number of rotatable bonds is 6. The number of carbonyl (C=O) groups excluding carboxylic acids is 1. The number of esters is 1. The van der Waals surface area contributed by atoms with Crippen LogP contribution in [0.15, 0.2) is 12.2 Å². The molecule has 0 fully saturated rings. The Morgan fingerprint density at radius 3 is 2.18 bits per heavy atom. The van der Waals surface area contributed by atoms with Gasteiger partial charge in [0.15, 0.2) is 0 Å². The van der Waals surface area contributed by atoms with Crippen molar-refractivity contribution in [1.29, 1.82) is 0 Å². The van der Waals surface area contributed by atoms with Crippen molar-refractivity contribution in [3.63, 3.8) is 0 Å². The Morgan fingerprint density at radius 1 is 1.41 bits per heavy atom. The number of unbranched alkanes of at least 4 members (excludes halogenated alkanes) is 1. The van der Waals surface area contributed by atoms with E-state index in [0.717, 1.165) is 13.1 Å². The summed E-state index contributed by atoms with van der Waals surface area (Å²) in [5.74, 6) is -0.313. The number of ether oxygens (including phenoxy) is 1. The van der Waals surface area contributed by atoms with E-state index in [1.165, 1.54) is 12.8 Å². The molecule has 0 aromatic heterocycles. The van der Waals surface area contributed by atoms with E-state index in [-0.39, 0.29) is 18.4 Å². The largest absolute Gasteiger partial charge is 0.461 e. The quantitative estimate of drug-likeness (QED) is 0.589. The summed E-state index contributed by atoms with van der Waals surface area (Å²) in [5.41, 5.74) is 5.59. The standard InChI is InChI=1S/C8H15NO2.C4H11N.ClH/c1-7(2)8(10)11-6-5-9(3)4;1-2-3-4-5;/h1,5-6H2,2-4H3;2-5H2,1H3;1H. The first-order valence-corrected chi connectivity index (χ1v) is 5.63. The van der Waals surface area contributed by atoms with Crippen LogP contribution >= 0.6 is 12.4 Å². The number of hydrogen-bond acceptors (Lipinski definition) is 4. The third-order valence-corrected chi connectivity index (χ3v) is 1.68. The maximum Gasteiger partial charge on any atom is 0.333 e. The topological polar surface area (TPSA) is 55.6 Å². The van der Waals surface area contributed by atoms with Gasteiger partial charge in [0.1, 0.15) is 6.61 Å². The summed E-state index contributed by atoms with van der Waals surface area (Å²) < 4.78 is 4.83. The van der Waals surface area contributed by atoms with Crippen LogP contribution in [0.5, 0.6) is 0 Å². The zero-order valence-corrected chi connectivity index (χ0v) is 12.3. The molecule has 17 heavy (non-hydrogen) atoms. The summed E-state index contributed by atoms with van der Waals surface area (Å²) in [6, 6.07) is 0. The average Bonchev–Trinajstić information content (AvgIpc) is 2.19. The highest BCUT2D eigenvalue weighted by Gasteiger charge is 2.01. The van der Waals surface area contributed by atoms with Crippen molar-refractivity contribution in [1.82, 2.24) is 4.90 Å². The highest BCUT2D eigenvalue weighted by atomic mass is 35.5. The van der Waals surface area contributed by atoms with E-state index >= 15 is 0 Å². The Kier molecular flexibility index (Phi) is 19.7. The molecule has 0 bridgehead atoms. The van der Waals surface area contributed by atoms with E-state index in [4.69, 9.17) is 10.5 Å². The summed E-state index contributed by atoms with van der Waals surface area (Å²) in [7, 11) is 3.85. The molecule has 0 saturated carbocycles. The second kappa shape index (κ2) is 15.4. The van der Waals surface area contributed by atoms with E-state index in [1.807, 2.05) is 19.0 Å². The fourth-order valence-electron chi connectivity index (χ4n) is 0.648. The van der Waals surface area contributed by atoms with Crippen LogP contribution in [0, 0.1) is 0 Å². The number of carbonyl (C=O) groups is 1. The molecule has 0 rings (SSSR count). The Balaban J connectivity index is -0.000000280. The van der Waals surface area contributed by atoms with Gasteiger partial charge in [0.05, 0.1) is 0 Å². The molecular formula is C12H27ClN2O2. The molecule has 0 aromatic rings. The van der Waals surface area contributed by atoms with Crippen LogP contribution < -0.4 is 5.73 Å². The first kappa shape index (κ1) is 21.7. The molecule has 0 spiro atoms. The molecule has 0 aliphatic carbocycles. The predicted octanol–water partition coefficient (Wildman–Crippen LogP) is 1.83. The molecule has 4 nitrogen and oxygen atoms in total. The zero-order valence-electron chi connectivity index (χ0n) is 11.5. The molecule has 0 aliphatic heterocycles. The fourth-order valence-corrected chi connectivity index (χ4v) is 0.648. The molecular weight excluding hydrogens is 240 g/mol. The third kappa shape index (κ3) is 21.3. The first-order valence-electron chi connectivity index (χ1n) is 5.63. The van der Waals surface area contributed by atoms with Crippen molar-refractivity contribution in [2.75, 3.05) is 33.8 Å². The summed E-state index contributed by atoms with van der Waals surface area (Å²) >= 11 is 0. The summed E-state index contributed by atoms with van der Waals surface area (Å²) in [5, 5.41) is 0. The number of halogens is 1. The van der Waals surface area contributed by atoms with E-state index < -0.39 is 0 Å². The Labute approximate surface area is 112 Å². The van der Waals surface area contributed by atoms with Gasteiger partial charge in [0.2, 0.25) is 0 Å². The minimum Gasteiger partial charge on any atom is -0.461 e. The summed E-state index contributed by atoms with van der Waals surface area (Å²) in [6.07, 6.45) is 2.39. The van der Waals surface area contributed by atoms with Gasteiger partial charge in [-0.2, -0.15) is 0 Å². The first-order chi connectivity index (χ1) is 7.45. The van der Waals surface area contributed by atoms with E-state index in [1.54, 1.807) is 6.92 Å². The smallest absolute Gasteiger partial charge is 0.333 e. The highest BCUT2D eigenvalue weighted by molar-refractivity contribution is 5.86. The van der Waals surface area contributed by atoms with Crippen LogP contribution in [0.1, 0.15) is 26.7 Å². The number of likely N-dealkylation sites (N-methyl/N-ethyl adjacent to an activating group) is 1. The maximum atomic E-state index is 10.8. The van der Waals surface area contributed by atoms with Crippen LogP contribution in [-0.2, 0) is 9.53 Å². The minimum absolute atomic E-state index is 0. The van der Waals surface area contributed by atoms with Crippen LogP contribution in [0.25, 0.3) is 0 Å². The molecule has 5 heteroatoms. The molecule has 0 aliphatic rings. The highest BCUT2D eigenvalue weighted by Crippen LogP contribution is 1.91. The van der Waals surface area contributed by atoms with Gasteiger partial charge in [-0.3, -0.25) is 0 Å². The maximum absolute atomic E-state index is 10.8. The van der Waals surface area contributed by atoms with Gasteiger partial charge in [0.25, 0.3) is 0 Å². The van der Waals surface area contributed by atoms with Gasteiger partial charge in [-0.15, -0.1) is 12.4 Å². The predicted molar refractivity (Wildman–Crippen MR) is 75.5 cm³/mol. The lowest BCUT2D eigenvalue weighted by atomic mass is 10.3. The van der Waals surface area contributed by atoms with Crippen molar-refractivity contribution >= 4 is 18.4 Å². The van der Waals surface area contributed by atoms with Crippen LogP contribution in [0.2, 0.25) is 0 Å². The van der Waals surface area contributed by atoms with E-state index in [9.17, 15) is 4.79 Å². The van der Waals surface area contributed by atoms with Crippen molar-refractivity contribution < 1.29 is 9.53 Å². The minimum atomic E-state index is -0.313. The monoisotopic (exact) mass is 266 g/mol. The van der Waals surface area contributed by atoms with E-state index in [0.29, 0.717) is 12.2 Å². The molecule has 0 heterocycles. The Morgan fingerprint density at radius 2 is 1.94 bits per heavy atom. The van der Waals surface area contributed by atoms with Crippen molar-refractivity contribution in [2.45, 2.75) is 26.7 Å². The Hall–Kier alpha value is -0.580. The second-order valence-corrected chi connectivity index (χ2v) is 3.86. The lowest BCUT2D eigenvalue weighted by Crippen LogP contribution is -2.20. The fraction of sp³-hybridized carbons (Fsp3) is 0.750. The second-order valence-electron chi connectivity index (χ2n) is 3.86. The van der Waals surface area contributed by atoms with Crippen LogP contribution in [-0.4, -0.2) is 44.7 Å². The van der Waals surface area contributed by atoms with E-state index in [2.05, 4.69) is 13.5 Å². The van der Waals surface area contributed by atoms with Crippen molar-refractivity contribution in [2.24, 2.45) is 5.73 Å². The van der Waals surface area contributed by atoms with Crippen molar-refractivity contribution in [3.05, 3.63) is 12.2 Å². The van der Waals surface area contributed by atoms with Gasteiger partial charge in [0, 0.05) is 12.1 Å². The average molecular weight is 267 g/mol. The van der Waals surface area contributed by atoms with Crippen LogP contribution in [0.4, 0.5) is 0 Å². The molecule has 0 amide bonds. The molecule has 0 aromatic carbocycles. The number of nitrogens with zero attached hydrogens (tertiary/aromatic N) is 1. The van der Waals surface area contributed by atoms with Gasteiger partial charge in [-0.1, -0.05) is 19.9 Å². The van der Waals surface area contributed by atoms with Crippen molar-refractivity contribution in [3.8, 4) is 0 Å². The molecule has 2 N–H and O–H groups in total. The number of nitrogens with two attached hydrogens (primary N) is 1.